The summed E-state index contributed by atoms with van der Waals surface area (Å²) in [6, 6.07) is 8.35. The minimum absolute atomic E-state index is 0.0639. The van der Waals surface area contributed by atoms with Crippen molar-refractivity contribution in [2.24, 2.45) is 11.8 Å². The number of para-hydroxylation sites is 1. The second kappa shape index (κ2) is 6.97. The topological polar surface area (TPSA) is 32.3 Å². The third-order valence-electron chi connectivity index (χ3n) is 4.64. The second-order valence-corrected chi connectivity index (χ2v) is 6.75. The molecule has 116 valence electrons. The number of benzene rings is 1. The van der Waals surface area contributed by atoms with E-state index in [0.717, 1.165) is 23.1 Å². The highest BCUT2D eigenvalue weighted by Crippen LogP contribution is 2.32. The molecule has 21 heavy (non-hydrogen) atoms. The van der Waals surface area contributed by atoms with Crippen LogP contribution in [0.4, 0.5) is 5.69 Å². The van der Waals surface area contributed by atoms with Crippen molar-refractivity contribution in [3.63, 3.8) is 0 Å². The van der Waals surface area contributed by atoms with Crippen molar-refractivity contribution < 1.29 is 4.79 Å². The van der Waals surface area contributed by atoms with Gasteiger partial charge in [-0.15, -0.1) is 0 Å². The van der Waals surface area contributed by atoms with Crippen LogP contribution in [0.1, 0.15) is 49.9 Å². The first-order valence-electron chi connectivity index (χ1n) is 8.06. The van der Waals surface area contributed by atoms with Crippen molar-refractivity contribution in [3.8, 4) is 0 Å². The van der Waals surface area contributed by atoms with E-state index < -0.39 is 0 Å². The van der Waals surface area contributed by atoms with Gasteiger partial charge in [0.1, 0.15) is 0 Å². The third-order valence-corrected chi connectivity index (χ3v) is 4.64. The van der Waals surface area contributed by atoms with Crippen LogP contribution < -0.4 is 5.32 Å². The van der Waals surface area contributed by atoms with Gasteiger partial charge in [0.2, 0.25) is 0 Å². The zero-order valence-electron chi connectivity index (χ0n) is 13.7. The molecule has 1 N–H and O–H groups in total. The summed E-state index contributed by atoms with van der Waals surface area (Å²) in [6.45, 7) is 4.65. The summed E-state index contributed by atoms with van der Waals surface area (Å²) in [5.74, 6) is 1.71. The summed E-state index contributed by atoms with van der Waals surface area (Å²) in [4.78, 5) is 13.9. The molecule has 1 aromatic rings. The Hall–Kier alpha value is -1.51. The highest BCUT2D eigenvalue weighted by Gasteiger charge is 2.24. The van der Waals surface area contributed by atoms with Crippen LogP contribution in [-0.4, -0.2) is 30.9 Å². The zero-order chi connectivity index (χ0) is 15.4. The molecule has 1 fully saturated rings. The van der Waals surface area contributed by atoms with Crippen LogP contribution in [0, 0.1) is 11.8 Å². The van der Waals surface area contributed by atoms with Crippen molar-refractivity contribution in [2.75, 3.05) is 19.4 Å². The van der Waals surface area contributed by atoms with Crippen LogP contribution in [0.15, 0.2) is 24.3 Å². The first-order chi connectivity index (χ1) is 9.99. The number of rotatable bonds is 4. The molecule has 0 radical (unpaired) electrons. The first kappa shape index (κ1) is 15.9. The normalized spacial score (nSPS) is 22.1. The van der Waals surface area contributed by atoms with Gasteiger partial charge in [-0.1, -0.05) is 26.0 Å². The maximum atomic E-state index is 12.2. The molecule has 0 aromatic heterocycles. The van der Waals surface area contributed by atoms with Gasteiger partial charge >= 0.3 is 0 Å². The molecule has 1 aromatic carbocycles. The van der Waals surface area contributed by atoms with Gasteiger partial charge < -0.3 is 10.2 Å². The summed E-state index contributed by atoms with van der Waals surface area (Å²) < 4.78 is 0. The molecule has 1 aliphatic rings. The van der Waals surface area contributed by atoms with Crippen molar-refractivity contribution in [3.05, 3.63) is 29.8 Å². The predicted octanol–water partition coefficient (Wildman–Crippen LogP) is 4.02. The van der Waals surface area contributed by atoms with Crippen LogP contribution in [-0.2, 0) is 0 Å². The summed E-state index contributed by atoms with van der Waals surface area (Å²) in [6.07, 6.45) is 4.99. The Balaban J connectivity index is 2.03. The Morgan fingerprint density at radius 2 is 1.76 bits per heavy atom. The van der Waals surface area contributed by atoms with Crippen molar-refractivity contribution in [2.45, 2.75) is 45.6 Å². The SMILES string of the molecule is CC(C)C1CCC(Nc2ccccc2C(=O)N(C)C)CC1. The van der Waals surface area contributed by atoms with E-state index in [0.29, 0.717) is 6.04 Å². The standard InChI is InChI=1S/C18H28N2O/c1-13(2)14-9-11-15(12-10-14)19-17-8-6-5-7-16(17)18(21)20(3)4/h5-8,13-15,19H,9-12H2,1-4H3. The first-order valence-corrected chi connectivity index (χ1v) is 8.06. The van der Waals surface area contributed by atoms with Gasteiger partial charge in [-0.25, -0.2) is 0 Å². The summed E-state index contributed by atoms with van der Waals surface area (Å²) in [7, 11) is 3.60. The van der Waals surface area contributed by atoms with Crippen molar-refractivity contribution in [1.82, 2.24) is 4.90 Å². The highest BCUT2D eigenvalue weighted by molar-refractivity contribution is 5.99. The van der Waals surface area contributed by atoms with Gasteiger partial charge in [-0.3, -0.25) is 4.79 Å². The summed E-state index contributed by atoms with van der Waals surface area (Å²) in [5, 5.41) is 3.60. The lowest BCUT2D eigenvalue weighted by molar-refractivity contribution is 0.0828. The van der Waals surface area contributed by atoms with E-state index in [4.69, 9.17) is 0 Å². The van der Waals surface area contributed by atoms with Gasteiger partial charge in [0.05, 0.1) is 5.56 Å². The van der Waals surface area contributed by atoms with E-state index in [1.807, 2.05) is 24.3 Å². The lowest BCUT2D eigenvalue weighted by atomic mass is 9.79. The van der Waals surface area contributed by atoms with E-state index in [1.54, 1.807) is 19.0 Å². The van der Waals surface area contributed by atoms with Crippen molar-refractivity contribution >= 4 is 11.6 Å². The largest absolute Gasteiger partial charge is 0.382 e. The monoisotopic (exact) mass is 288 g/mol. The molecule has 0 spiro atoms. The van der Waals surface area contributed by atoms with E-state index in [1.165, 1.54) is 25.7 Å². The van der Waals surface area contributed by atoms with Crippen LogP contribution in [0.5, 0.6) is 0 Å². The summed E-state index contributed by atoms with van der Waals surface area (Å²) in [5.41, 5.74) is 1.75. The molecule has 1 aliphatic carbocycles. The molecule has 0 unspecified atom stereocenters. The van der Waals surface area contributed by atoms with E-state index in [-0.39, 0.29) is 5.91 Å². The smallest absolute Gasteiger partial charge is 0.255 e. The number of hydrogen-bond acceptors (Lipinski definition) is 2. The maximum absolute atomic E-state index is 12.2. The van der Waals surface area contributed by atoms with Gasteiger partial charge in [0.25, 0.3) is 5.91 Å². The molecule has 0 aliphatic heterocycles. The molecule has 1 saturated carbocycles. The molecule has 3 nitrogen and oxygen atoms in total. The molecule has 3 heteroatoms. The number of carbonyl (C=O) groups is 1. The van der Waals surface area contributed by atoms with Gasteiger partial charge in [0, 0.05) is 25.8 Å². The third kappa shape index (κ3) is 3.99. The van der Waals surface area contributed by atoms with Crippen LogP contribution in [0.2, 0.25) is 0 Å². The quantitative estimate of drug-likeness (QED) is 0.907. The minimum Gasteiger partial charge on any atom is -0.382 e. The Bertz CT molecular complexity index is 474. The molecule has 2 rings (SSSR count). The fourth-order valence-corrected chi connectivity index (χ4v) is 3.19. The van der Waals surface area contributed by atoms with Crippen LogP contribution >= 0.6 is 0 Å². The molecule has 0 atom stereocenters. The molecule has 0 heterocycles. The molecule has 1 amide bonds. The molecule has 0 bridgehead atoms. The van der Waals surface area contributed by atoms with Gasteiger partial charge in [0.15, 0.2) is 0 Å². The molecule has 0 saturated heterocycles. The predicted molar refractivity (Wildman–Crippen MR) is 88.7 cm³/mol. The fourth-order valence-electron chi connectivity index (χ4n) is 3.19. The van der Waals surface area contributed by atoms with Gasteiger partial charge in [-0.2, -0.15) is 0 Å². The average Bonchev–Trinajstić information content (AvgIpc) is 2.47. The number of nitrogens with zero attached hydrogens (tertiary/aromatic N) is 1. The minimum atomic E-state index is 0.0639. The lowest BCUT2D eigenvalue weighted by Gasteiger charge is -2.32. The Labute approximate surface area is 128 Å². The van der Waals surface area contributed by atoms with Crippen LogP contribution in [0.25, 0.3) is 0 Å². The Morgan fingerprint density at radius 3 is 2.33 bits per heavy atom. The molecular formula is C18H28N2O. The highest BCUT2D eigenvalue weighted by atomic mass is 16.2. The average molecular weight is 288 g/mol. The van der Waals surface area contributed by atoms with E-state index in [2.05, 4.69) is 19.2 Å². The summed E-state index contributed by atoms with van der Waals surface area (Å²) >= 11 is 0. The number of nitrogens with one attached hydrogen (secondary N) is 1. The lowest BCUT2D eigenvalue weighted by Crippen LogP contribution is -2.29. The van der Waals surface area contributed by atoms with Crippen LogP contribution in [0.3, 0.4) is 0 Å². The van der Waals surface area contributed by atoms with E-state index >= 15 is 0 Å². The van der Waals surface area contributed by atoms with E-state index in [9.17, 15) is 4.79 Å². The number of anilines is 1. The fraction of sp³-hybridized carbons (Fsp3) is 0.611. The molecular weight excluding hydrogens is 260 g/mol. The maximum Gasteiger partial charge on any atom is 0.255 e. The zero-order valence-corrected chi connectivity index (χ0v) is 13.7. The number of amides is 1. The van der Waals surface area contributed by atoms with Gasteiger partial charge in [-0.05, 0) is 49.7 Å². The number of carbonyl (C=O) groups excluding carboxylic acids is 1. The van der Waals surface area contributed by atoms with Crippen molar-refractivity contribution in [1.29, 1.82) is 0 Å². The Morgan fingerprint density at radius 1 is 1.14 bits per heavy atom. The number of hydrogen-bond donors (Lipinski definition) is 1. The Kier molecular flexibility index (Phi) is 5.27. The second-order valence-electron chi connectivity index (χ2n) is 6.75.